The van der Waals surface area contributed by atoms with Crippen molar-refractivity contribution in [3.63, 3.8) is 0 Å². The summed E-state index contributed by atoms with van der Waals surface area (Å²) in [5.41, 5.74) is 0.666. The maximum Gasteiger partial charge on any atom is 0.251 e. The zero-order valence-electron chi connectivity index (χ0n) is 9.93. The van der Waals surface area contributed by atoms with Crippen LogP contribution >= 0.6 is 0 Å². The van der Waals surface area contributed by atoms with Gasteiger partial charge in [-0.05, 0) is 31.4 Å². The van der Waals surface area contributed by atoms with E-state index >= 15 is 0 Å². The van der Waals surface area contributed by atoms with E-state index in [0.29, 0.717) is 24.9 Å². The van der Waals surface area contributed by atoms with Crippen molar-refractivity contribution in [2.45, 2.75) is 25.4 Å². The van der Waals surface area contributed by atoms with Gasteiger partial charge in [-0.25, -0.2) is 0 Å². The van der Waals surface area contributed by atoms with Crippen LogP contribution in [0.1, 0.15) is 29.6 Å². The van der Waals surface area contributed by atoms with E-state index in [1.807, 2.05) is 18.2 Å². The molecule has 0 spiro atoms. The molecule has 3 heteroatoms. The van der Waals surface area contributed by atoms with Crippen molar-refractivity contribution < 1.29 is 9.90 Å². The van der Waals surface area contributed by atoms with Gasteiger partial charge in [-0.3, -0.25) is 4.79 Å². The lowest BCUT2D eigenvalue weighted by molar-refractivity contribution is 0.0949. The maximum absolute atomic E-state index is 11.6. The van der Waals surface area contributed by atoms with Gasteiger partial charge in [0.25, 0.3) is 5.91 Å². The summed E-state index contributed by atoms with van der Waals surface area (Å²) in [5.74, 6) is -0.0659. The summed E-state index contributed by atoms with van der Waals surface area (Å²) in [7, 11) is 0. The summed E-state index contributed by atoms with van der Waals surface area (Å²) < 4.78 is 0. The fourth-order valence-corrected chi connectivity index (χ4v) is 1.54. The Morgan fingerprint density at radius 1 is 1.41 bits per heavy atom. The Bertz CT molecular complexity index is 348. The van der Waals surface area contributed by atoms with Crippen molar-refractivity contribution in [1.82, 2.24) is 5.32 Å². The third-order valence-corrected chi connectivity index (χ3v) is 2.47. The molecule has 0 aromatic heterocycles. The van der Waals surface area contributed by atoms with E-state index < -0.39 is 0 Å². The van der Waals surface area contributed by atoms with E-state index in [1.165, 1.54) is 0 Å². The molecule has 0 aliphatic heterocycles. The van der Waals surface area contributed by atoms with Crippen molar-refractivity contribution in [1.29, 1.82) is 0 Å². The summed E-state index contributed by atoms with van der Waals surface area (Å²) in [6.45, 7) is 4.15. The normalized spacial score (nSPS) is 11.8. The van der Waals surface area contributed by atoms with E-state index in [2.05, 4.69) is 11.9 Å². The zero-order chi connectivity index (χ0) is 12.5. The van der Waals surface area contributed by atoms with Crippen LogP contribution in [0.5, 0.6) is 0 Å². The molecule has 0 fully saturated rings. The van der Waals surface area contributed by atoms with Gasteiger partial charge < -0.3 is 10.4 Å². The molecule has 92 valence electrons. The molecule has 0 bridgehead atoms. The minimum absolute atomic E-state index is 0.0659. The van der Waals surface area contributed by atoms with E-state index in [-0.39, 0.29) is 12.0 Å². The highest BCUT2D eigenvalue weighted by Gasteiger charge is 2.04. The number of aliphatic hydroxyl groups is 1. The predicted octanol–water partition coefficient (Wildman–Crippen LogP) is 2.13. The Balaban J connectivity index is 2.19. The number of aliphatic hydroxyl groups excluding tert-OH is 1. The van der Waals surface area contributed by atoms with E-state index in [1.54, 1.807) is 18.2 Å². The summed E-state index contributed by atoms with van der Waals surface area (Å²) in [5, 5.41) is 12.3. The molecule has 0 heterocycles. The summed E-state index contributed by atoms with van der Waals surface area (Å²) in [4.78, 5) is 11.6. The average Bonchev–Trinajstić information content (AvgIpc) is 2.36. The molecule has 0 saturated carbocycles. The molecule has 1 amide bonds. The van der Waals surface area contributed by atoms with Gasteiger partial charge in [-0.15, -0.1) is 6.58 Å². The molecule has 1 unspecified atom stereocenters. The molecule has 1 atom stereocenters. The number of rotatable bonds is 7. The number of nitrogens with one attached hydrogen (secondary N) is 1. The van der Waals surface area contributed by atoms with Crippen molar-refractivity contribution in [2.75, 3.05) is 6.54 Å². The number of amides is 1. The third-order valence-electron chi connectivity index (χ3n) is 2.47. The lowest BCUT2D eigenvalue weighted by Gasteiger charge is -2.08. The minimum Gasteiger partial charge on any atom is -0.393 e. The van der Waals surface area contributed by atoms with Crippen LogP contribution in [-0.2, 0) is 0 Å². The lowest BCUT2D eigenvalue weighted by Crippen LogP contribution is -2.25. The first kappa shape index (κ1) is 13.5. The van der Waals surface area contributed by atoms with Crippen molar-refractivity contribution in [3.8, 4) is 0 Å². The van der Waals surface area contributed by atoms with Gasteiger partial charge in [-0.2, -0.15) is 0 Å². The molecule has 0 saturated heterocycles. The summed E-state index contributed by atoms with van der Waals surface area (Å²) in [6.07, 6.45) is 3.41. The maximum atomic E-state index is 11.6. The van der Waals surface area contributed by atoms with E-state index in [0.717, 1.165) is 6.42 Å². The fourth-order valence-electron chi connectivity index (χ4n) is 1.54. The molecular formula is C14H19NO2. The highest BCUT2D eigenvalue weighted by atomic mass is 16.3. The molecule has 0 aliphatic rings. The van der Waals surface area contributed by atoms with Gasteiger partial charge in [0.15, 0.2) is 0 Å². The Kier molecular flexibility index (Phi) is 6.04. The standard InChI is InChI=1S/C14H19NO2/c1-2-7-13(16)10-6-11-15-14(17)12-8-4-3-5-9-12/h2-5,8-9,13,16H,1,6-7,10-11H2,(H,15,17). The van der Waals surface area contributed by atoms with Crippen LogP contribution in [-0.4, -0.2) is 23.7 Å². The largest absolute Gasteiger partial charge is 0.393 e. The average molecular weight is 233 g/mol. The second-order valence-electron chi connectivity index (χ2n) is 3.94. The molecule has 0 radical (unpaired) electrons. The smallest absolute Gasteiger partial charge is 0.251 e. The molecule has 17 heavy (non-hydrogen) atoms. The van der Waals surface area contributed by atoms with Gasteiger partial charge >= 0.3 is 0 Å². The number of carbonyl (C=O) groups is 1. The third kappa shape index (κ3) is 5.31. The summed E-state index contributed by atoms with van der Waals surface area (Å²) >= 11 is 0. The second kappa shape index (κ2) is 7.63. The van der Waals surface area contributed by atoms with Gasteiger partial charge in [-0.1, -0.05) is 24.3 Å². The second-order valence-corrected chi connectivity index (χ2v) is 3.94. The Hall–Kier alpha value is -1.61. The van der Waals surface area contributed by atoms with Crippen LogP contribution in [0.25, 0.3) is 0 Å². The Morgan fingerprint density at radius 2 is 2.12 bits per heavy atom. The number of carbonyl (C=O) groups excluding carboxylic acids is 1. The Morgan fingerprint density at radius 3 is 2.76 bits per heavy atom. The highest BCUT2D eigenvalue weighted by Crippen LogP contribution is 2.02. The van der Waals surface area contributed by atoms with E-state index in [4.69, 9.17) is 0 Å². The number of hydrogen-bond donors (Lipinski definition) is 2. The van der Waals surface area contributed by atoms with Crippen LogP contribution in [0, 0.1) is 0 Å². The topological polar surface area (TPSA) is 49.3 Å². The minimum atomic E-state index is -0.346. The monoisotopic (exact) mass is 233 g/mol. The van der Waals surface area contributed by atoms with Crippen LogP contribution < -0.4 is 5.32 Å². The zero-order valence-corrected chi connectivity index (χ0v) is 9.93. The van der Waals surface area contributed by atoms with Crippen LogP contribution in [0.4, 0.5) is 0 Å². The first-order valence-electron chi connectivity index (χ1n) is 5.86. The van der Waals surface area contributed by atoms with Crippen LogP contribution in [0.3, 0.4) is 0 Å². The van der Waals surface area contributed by atoms with Gasteiger partial charge in [0.05, 0.1) is 6.10 Å². The van der Waals surface area contributed by atoms with Crippen molar-refractivity contribution in [2.24, 2.45) is 0 Å². The lowest BCUT2D eigenvalue weighted by atomic mass is 10.1. The van der Waals surface area contributed by atoms with Crippen molar-refractivity contribution in [3.05, 3.63) is 48.6 Å². The molecule has 2 N–H and O–H groups in total. The van der Waals surface area contributed by atoms with Crippen LogP contribution in [0.2, 0.25) is 0 Å². The molecule has 1 aromatic carbocycles. The first-order chi connectivity index (χ1) is 8.24. The van der Waals surface area contributed by atoms with Crippen LogP contribution in [0.15, 0.2) is 43.0 Å². The SMILES string of the molecule is C=CCC(O)CCCNC(=O)c1ccccc1. The first-order valence-corrected chi connectivity index (χ1v) is 5.86. The van der Waals surface area contributed by atoms with Gasteiger partial charge in [0.2, 0.25) is 0 Å². The van der Waals surface area contributed by atoms with Crippen molar-refractivity contribution >= 4 is 5.91 Å². The van der Waals surface area contributed by atoms with E-state index in [9.17, 15) is 9.90 Å². The molecule has 0 aliphatic carbocycles. The molecule has 1 rings (SSSR count). The fraction of sp³-hybridized carbons (Fsp3) is 0.357. The molecule has 3 nitrogen and oxygen atoms in total. The van der Waals surface area contributed by atoms with Gasteiger partial charge in [0.1, 0.15) is 0 Å². The predicted molar refractivity (Wildman–Crippen MR) is 68.8 cm³/mol. The quantitative estimate of drug-likeness (QED) is 0.560. The number of hydrogen-bond acceptors (Lipinski definition) is 2. The molecule has 1 aromatic rings. The summed E-state index contributed by atoms with van der Waals surface area (Å²) in [6, 6.07) is 9.11. The Labute approximate surface area is 102 Å². The highest BCUT2D eigenvalue weighted by molar-refractivity contribution is 5.94. The number of benzene rings is 1. The molecular weight excluding hydrogens is 214 g/mol. The van der Waals surface area contributed by atoms with Gasteiger partial charge in [0, 0.05) is 12.1 Å².